The summed E-state index contributed by atoms with van der Waals surface area (Å²) < 4.78 is 11.3. The molecule has 0 aliphatic carbocycles. The van der Waals surface area contributed by atoms with E-state index in [1.54, 1.807) is 18.2 Å². The number of Topliss-reactive ketones (excluding diaryl/α,β-unsaturated/α-hetero) is 1. The van der Waals surface area contributed by atoms with Crippen LogP contribution in [0.2, 0.25) is 0 Å². The summed E-state index contributed by atoms with van der Waals surface area (Å²) in [6.45, 7) is 3.46. The van der Waals surface area contributed by atoms with Crippen molar-refractivity contribution in [3.63, 3.8) is 0 Å². The Bertz CT molecular complexity index is 1140. The molecule has 2 aromatic carbocycles. The monoisotopic (exact) mass is 423 g/mol. The zero-order valence-electron chi connectivity index (χ0n) is 17.6. The number of phenols is 1. The molecule has 0 saturated carbocycles. The molecule has 0 unspecified atom stereocenters. The molecule has 0 radical (unpaired) electrons. The predicted molar refractivity (Wildman–Crippen MR) is 116 cm³/mol. The Labute approximate surface area is 179 Å². The first-order valence-corrected chi connectivity index (χ1v) is 10.2. The number of furan rings is 1. The molecule has 1 aromatic heterocycles. The van der Waals surface area contributed by atoms with E-state index in [1.165, 1.54) is 25.1 Å². The maximum Gasteiger partial charge on any atom is 0.311 e. The second kappa shape index (κ2) is 9.47. The summed E-state index contributed by atoms with van der Waals surface area (Å²) in [5, 5.41) is 10.2. The van der Waals surface area contributed by atoms with Gasteiger partial charge in [-0.2, -0.15) is 0 Å². The number of anilines is 1. The normalized spacial score (nSPS) is 10.9. The van der Waals surface area contributed by atoms with Crippen molar-refractivity contribution in [2.45, 2.75) is 46.0 Å². The Balaban J connectivity index is 2.01. The van der Waals surface area contributed by atoms with Gasteiger partial charge in [-0.3, -0.25) is 9.59 Å². The smallest absolute Gasteiger partial charge is 0.311 e. The lowest BCUT2D eigenvalue weighted by atomic mass is 9.97. The number of phenolic OH excluding ortho intramolecular Hbond substituents is 1. The molecule has 3 N–H and O–H groups in total. The molecule has 0 bridgehead atoms. The highest BCUT2D eigenvalue weighted by Crippen LogP contribution is 2.33. The number of carbonyl (C=O) groups excluding carboxylic acids is 3. The molecule has 3 rings (SSSR count). The number of unbranched alkanes of at least 4 members (excludes halogenated alkanes) is 1. The van der Waals surface area contributed by atoms with Crippen LogP contribution in [0.3, 0.4) is 0 Å². The van der Waals surface area contributed by atoms with Crippen LogP contribution < -0.4 is 10.5 Å². The predicted octanol–water partition coefficient (Wildman–Crippen LogP) is 4.57. The molecule has 0 spiro atoms. The minimum atomic E-state index is -0.336. The SMILES string of the molecule is CCCCC(=O)Oc1ccc2c(C(=O)c3ccc(O)c(N)c3)c(CCC(C)=O)oc2c1. The summed E-state index contributed by atoms with van der Waals surface area (Å²) in [5.74, 6) is -0.111. The summed E-state index contributed by atoms with van der Waals surface area (Å²) in [7, 11) is 0. The number of aromatic hydroxyl groups is 1. The number of carbonyl (C=O) groups is 3. The van der Waals surface area contributed by atoms with Gasteiger partial charge in [0.25, 0.3) is 0 Å². The number of rotatable bonds is 9. The second-order valence-electron chi connectivity index (χ2n) is 7.44. The number of hydrogen-bond donors (Lipinski definition) is 2. The van der Waals surface area contributed by atoms with Crippen molar-refractivity contribution in [1.82, 2.24) is 0 Å². The fourth-order valence-electron chi connectivity index (χ4n) is 3.25. The van der Waals surface area contributed by atoms with Gasteiger partial charge in [0.1, 0.15) is 28.6 Å². The molecular weight excluding hydrogens is 398 g/mol. The van der Waals surface area contributed by atoms with E-state index in [0.29, 0.717) is 34.5 Å². The van der Waals surface area contributed by atoms with Gasteiger partial charge in [0.2, 0.25) is 0 Å². The molecule has 0 atom stereocenters. The Kier molecular flexibility index (Phi) is 6.74. The molecule has 0 saturated heterocycles. The second-order valence-corrected chi connectivity index (χ2v) is 7.44. The molecule has 0 fully saturated rings. The van der Waals surface area contributed by atoms with Crippen LogP contribution in [0, 0.1) is 0 Å². The van der Waals surface area contributed by atoms with Gasteiger partial charge in [-0.25, -0.2) is 0 Å². The summed E-state index contributed by atoms with van der Waals surface area (Å²) in [5.41, 5.74) is 6.83. The summed E-state index contributed by atoms with van der Waals surface area (Å²) in [6.07, 6.45) is 2.42. The third-order valence-electron chi connectivity index (χ3n) is 4.92. The van der Waals surface area contributed by atoms with Gasteiger partial charge in [0.15, 0.2) is 5.78 Å². The average molecular weight is 423 g/mol. The van der Waals surface area contributed by atoms with E-state index in [4.69, 9.17) is 14.9 Å². The number of benzene rings is 2. The van der Waals surface area contributed by atoms with Crippen molar-refractivity contribution >= 4 is 34.2 Å². The van der Waals surface area contributed by atoms with Gasteiger partial charge in [-0.15, -0.1) is 0 Å². The third kappa shape index (κ3) is 5.12. The van der Waals surface area contributed by atoms with Crippen LogP contribution in [-0.4, -0.2) is 22.6 Å². The third-order valence-corrected chi connectivity index (χ3v) is 4.92. The van der Waals surface area contributed by atoms with Crippen molar-refractivity contribution in [3.8, 4) is 11.5 Å². The number of hydrogen-bond acceptors (Lipinski definition) is 7. The van der Waals surface area contributed by atoms with E-state index in [2.05, 4.69) is 0 Å². The molecular formula is C24H25NO6. The van der Waals surface area contributed by atoms with Crippen LogP contribution in [0.15, 0.2) is 40.8 Å². The van der Waals surface area contributed by atoms with Crippen LogP contribution in [0.5, 0.6) is 11.5 Å². The average Bonchev–Trinajstić information content (AvgIpc) is 3.09. The Hall–Kier alpha value is -3.61. The molecule has 31 heavy (non-hydrogen) atoms. The van der Waals surface area contributed by atoms with E-state index in [0.717, 1.165) is 12.8 Å². The molecule has 0 amide bonds. The minimum absolute atomic E-state index is 0.0294. The van der Waals surface area contributed by atoms with Gasteiger partial charge < -0.3 is 24.8 Å². The first-order chi connectivity index (χ1) is 14.8. The highest BCUT2D eigenvalue weighted by atomic mass is 16.5. The lowest BCUT2D eigenvalue weighted by Crippen LogP contribution is -2.07. The highest BCUT2D eigenvalue weighted by molar-refractivity contribution is 6.17. The van der Waals surface area contributed by atoms with Crippen molar-refractivity contribution < 1.29 is 28.6 Å². The Morgan fingerprint density at radius 2 is 1.87 bits per heavy atom. The molecule has 1 heterocycles. The van der Waals surface area contributed by atoms with Crippen LogP contribution in [0.4, 0.5) is 5.69 Å². The largest absolute Gasteiger partial charge is 0.506 e. The standard InChI is InChI=1S/C24H25NO6/c1-3-4-5-22(28)30-16-8-9-17-21(13-16)31-20(11-6-14(2)26)23(17)24(29)15-7-10-19(27)18(25)12-15/h7-10,12-13,27H,3-6,11,25H2,1-2H3. The van der Waals surface area contributed by atoms with E-state index < -0.39 is 0 Å². The lowest BCUT2D eigenvalue weighted by molar-refractivity contribution is -0.134. The van der Waals surface area contributed by atoms with Crippen LogP contribution in [0.25, 0.3) is 11.0 Å². The molecule has 7 nitrogen and oxygen atoms in total. The van der Waals surface area contributed by atoms with Crippen LogP contribution >= 0.6 is 0 Å². The molecule has 7 heteroatoms. The zero-order valence-corrected chi connectivity index (χ0v) is 17.6. The van der Waals surface area contributed by atoms with Gasteiger partial charge in [0, 0.05) is 36.3 Å². The van der Waals surface area contributed by atoms with Crippen LogP contribution in [-0.2, 0) is 16.0 Å². The van der Waals surface area contributed by atoms with Gasteiger partial charge in [-0.05, 0) is 43.7 Å². The zero-order chi connectivity index (χ0) is 22.5. The van der Waals surface area contributed by atoms with E-state index in [9.17, 15) is 19.5 Å². The fraction of sp³-hybridized carbons (Fsp3) is 0.292. The highest BCUT2D eigenvalue weighted by Gasteiger charge is 2.23. The van der Waals surface area contributed by atoms with Gasteiger partial charge >= 0.3 is 5.97 Å². The number of ether oxygens (including phenoxy) is 1. The van der Waals surface area contributed by atoms with Gasteiger partial charge in [-0.1, -0.05) is 13.3 Å². The number of nitrogen functional groups attached to an aromatic ring is 1. The first kappa shape index (κ1) is 22.1. The quantitative estimate of drug-likeness (QED) is 0.170. The molecule has 162 valence electrons. The topological polar surface area (TPSA) is 120 Å². The fourth-order valence-corrected chi connectivity index (χ4v) is 3.25. The molecule has 3 aromatic rings. The van der Waals surface area contributed by atoms with Gasteiger partial charge in [0.05, 0.1) is 11.3 Å². The van der Waals surface area contributed by atoms with Crippen LogP contribution in [0.1, 0.15) is 61.2 Å². The van der Waals surface area contributed by atoms with Crippen molar-refractivity contribution in [3.05, 3.63) is 53.3 Å². The summed E-state index contributed by atoms with van der Waals surface area (Å²) >= 11 is 0. The Morgan fingerprint density at radius 1 is 1.10 bits per heavy atom. The number of esters is 1. The maximum atomic E-state index is 13.3. The van der Waals surface area contributed by atoms with E-state index in [1.807, 2.05) is 6.92 Å². The molecule has 0 aliphatic rings. The number of ketones is 2. The van der Waals surface area contributed by atoms with E-state index >= 15 is 0 Å². The summed E-state index contributed by atoms with van der Waals surface area (Å²) in [6, 6.07) is 9.07. The molecule has 0 aliphatic heterocycles. The lowest BCUT2D eigenvalue weighted by Gasteiger charge is -2.05. The number of aryl methyl sites for hydroxylation is 1. The number of fused-ring (bicyclic) bond motifs is 1. The summed E-state index contributed by atoms with van der Waals surface area (Å²) in [4.78, 5) is 36.7. The van der Waals surface area contributed by atoms with Crippen molar-refractivity contribution in [2.24, 2.45) is 0 Å². The maximum absolute atomic E-state index is 13.3. The number of nitrogens with two attached hydrogens (primary N) is 1. The van der Waals surface area contributed by atoms with Crippen molar-refractivity contribution in [1.29, 1.82) is 0 Å². The van der Waals surface area contributed by atoms with E-state index in [-0.39, 0.29) is 47.4 Å². The minimum Gasteiger partial charge on any atom is -0.506 e. The Morgan fingerprint density at radius 3 is 2.55 bits per heavy atom. The first-order valence-electron chi connectivity index (χ1n) is 10.2. The van der Waals surface area contributed by atoms with Crippen molar-refractivity contribution in [2.75, 3.05) is 5.73 Å².